The van der Waals surface area contributed by atoms with Gasteiger partial charge in [-0.15, -0.1) is 0 Å². The Hall–Kier alpha value is -1.35. The lowest BCUT2D eigenvalue weighted by molar-refractivity contribution is -0.143. The summed E-state index contributed by atoms with van der Waals surface area (Å²) >= 11 is 0. The van der Waals surface area contributed by atoms with E-state index in [-0.39, 0.29) is 29.3 Å². The molecule has 3 rings (SSSR count). The van der Waals surface area contributed by atoms with Gasteiger partial charge in [0.25, 0.3) is 0 Å². The Labute approximate surface area is 107 Å². The van der Waals surface area contributed by atoms with Crippen LogP contribution in [0.1, 0.15) is 19.8 Å². The van der Waals surface area contributed by atoms with Crippen LogP contribution in [0, 0.1) is 17.3 Å². The summed E-state index contributed by atoms with van der Waals surface area (Å²) in [5, 5.41) is 9.93. The van der Waals surface area contributed by atoms with Crippen molar-refractivity contribution in [3.8, 4) is 0 Å². The predicted octanol–water partition coefficient (Wildman–Crippen LogP) is 1.99. The van der Waals surface area contributed by atoms with Crippen LogP contribution >= 0.6 is 0 Å². The Kier molecular flexibility index (Phi) is 2.33. The predicted molar refractivity (Wildman–Crippen MR) is 67.6 cm³/mol. The van der Waals surface area contributed by atoms with Crippen LogP contribution in [0.15, 0.2) is 36.5 Å². The van der Waals surface area contributed by atoms with Gasteiger partial charge in [-0.1, -0.05) is 32.2 Å². The minimum absolute atomic E-state index is 0.000509. The van der Waals surface area contributed by atoms with Crippen LogP contribution in [0.25, 0.3) is 0 Å². The largest absolute Gasteiger partial charge is 0.458 e. The topological polar surface area (TPSA) is 46.5 Å². The summed E-state index contributed by atoms with van der Waals surface area (Å²) in [6.45, 7) is 10.0. The van der Waals surface area contributed by atoms with Gasteiger partial charge in [0.15, 0.2) is 0 Å². The van der Waals surface area contributed by atoms with Crippen LogP contribution in [0.5, 0.6) is 0 Å². The van der Waals surface area contributed by atoms with E-state index in [4.69, 9.17) is 4.74 Å². The fraction of sp³-hybridized carbons (Fsp3) is 0.533. The molecule has 96 valence electrons. The van der Waals surface area contributed by atoms with Gasteiger partial charge in [-0.2, -0.15) is 0 Å². The Morgan fingerprint density at radius 2 is 2.22 bits per heavy atom. The lowest BCUT2D eigenvalue weighted by Crippen LogP contribution is -2.47. The maximum absolute atomic E-state index is 11.7. The molecule has 0 amide bonds. The van der Waals surface area contributed by atoms with Gasteiger partial charge < -0.3 is 9.84 Å². The van der Waals surface area contributed by atoms with Crippen molar-refractivity contribution in [2.24, 2.45) is 17.3 Å². The molecule has 1 saturated heterocycles. The molecule has 18 heavy (non-hydrogen) atoms. The number of esters is 1. The Morgan fingerprint density at radius 1 is 1.50 bits per heavy atom. The molecule has 1 N–H and O–H groups in total. The molecule has 2 fully saturated rings. The first-order valence-electron chi connectivity index (χ1n) is 6.40. The molecule has 3 nitrogen and oxygen atoms in total. The Morgan fingerprint density at radius 3 is 2.94 bits per heavy atom. The van der Waals surface area contributed by atoms with Crippen molar-refractivity contribution in [1.29, 1.82) is 0 Å². The first-order chi connectivity index (χ1) is 8.44. The number of rotatable bonds is 0. The van der Waals surface area contributed by atoms with Crippen LogP contribution in [-0.4, -0.2) is 23.3 Å². The average Bonchev–Trinajstić information content (AvgIpc) is 2.60. The minimum Gasteiger partial charge on any atom is -0.458 e. The van der Waals surface area contributed by atoms with Crippen LogP contribution in [0.3, 0.4) is 0 Å². The van der Waals surface area contributed by atoms with Crippen molar-refractivity contribution in [3.05, 3.63) is 36.5 Å². The zero-order valence-electron chi connectivity index (χ0n) is 10.6. The Bertz CT molecular complexity index is 476. The Balaban J connectivity index is 2.03. The maximum atomic E-state index is 11.7. The summed E-state index contributed by atoms with van der Waals surface area (Å²) in [4.78, 5) is 11.7. The quantitative estimate of drug-likeness (QED) is 0.404. The molecular formula is C15H18O3. The van der Waals surface area contributed by atoms with Crippen LogP contribution in [-0.2, 0) is 9.53 Å². The van der Waals surface area contributed by atoms with Crippen LogP contribution in [0.4, 0.5) is 0 Å². The average molecular weight is 246 g/mol. The van der Waals surface area contributed by atoms with E-state index in [1.807, 2.05) is 0 Å². The molecule has 0 aromatic rings. The third-order valence-electron chi connectivity index (χ3n) is 4.82. The third-order valence-corrected chi connectivity index (χ3v) is 4.82. The summed E-state index contributed by atoms with van der Waals surface area (Å²) in [5.41, 5.74) is 1.28. The molecule has 3 aliphatic rings. The number of carbonyl (C=O) groups is 1. The summed E-state index contributed by atoms with van der Waals surface area (Å²) in [7, 11) is 0. The number of hydrogen-bond acceptors (Lipinski definition) is 3. The van der Waals surface area contributed by atoms with E-state index in [0.29, 0.717) is 5.57 Å². The van der Waals surface area contributed by atoms with Gasteiger partial charge in [-0.3, -0.25) is 0 Å². The number of aliphatic hydroxyl groups is 1. The zero-order chi connectivity index (χ0) is 13.1. The molecule has 1 heterocycles. The summed E-state index contributed by atoms with van der Waals surface area (Å²) in [6.07, 6.45) is 4.91. The van der Waals surface area contributed by atoms with E-state index in [2.05, 4.69) is 26.2 Å². The zero-order valence-corrected chi connectivity index (χ0v) is 10.6. The second-order valence-corrected chi connectivity index (χ2v) is 5.90. The lowest BCUT2D eigenvalue weighted by Gasteiger charge is -2.48. The highest BCUT2D eigenvalue weighted by atomic mass is 16.6. The second kappa shape index (κ2) is 3.58. The maximum Gasteiger partial charge on any atom is 0.334 e. The number of allylic oxidation sites excluding steroid dienone is 1. The highest BCUT2D eigenvalue weighted by Crippen LogP contribution is 2.54. The van der Waals surface area contributed by atoms with Gasteiger partial charge in [-0.25, -0.2) is 4.79 Å². The first kappa shape index (κ1) is 11.7. The number of fused-ring (bicyclic) bond motifs is 3. The van der Waals surface area contributed by atoms with Gasteiger partial charge in [0.05, 0.1) is 6.10 Å². The molecule has 1 saturated carbocycles. The molecular weight excluding hydrogens is 228 g/mol. The van der Waals surface area contributed by atoms with Crippen molar-refractivity contribution in [2.75, 3.05) is 0 Å². The summed E-state index contributed by atoms with van der Waals surface area (Å²) in [6, 6.07) is 0. The fourth-order valence-corrected chi connectivity index (χ4v) is 3.71. The molecule has 0 unspecified atom stereocenters. The fourth-order valence-electron chi connectivity index (χ4n) is 3.71. The third kappa shape index (κ3) is 1.37. The van der Waals surface area contributed by atoms with Gasteiger partial charge >= 0.3 is 5.97 Å². The smallest absolute Gasteiger partial charge is 0.334 e. The van der Waals surface area contributed by atoms with E-state index >= 15 is 0 Å². The van der Waals surface area contributed by atoms with Gasteiger partial charge in [0, 0.05) is 17.4 Å². The van der Waals surface area contributed by atoms with Crippen molar-refractivity contribution in [2.45, 2.75) is 32.0 Å². The minimum atomic E-state index is -0.630. The highest BCUT2D eigenvalue weighted by molar-refractivity contribution is 5.91. The molecule has 5 atom stereocenters. The second-order valence-electron chi connectivity index (χ2n) is 5.90. The standard InChI is InChI=1S/C15H18O3/c1-8-10-4-6-15(3)7-5-11(16)9(2)12(15)13(10)18-14(8)17/h5,7,10-13,16H,1-2,4,6H2,3H3/t10-,11+,12+,13-,15-/m0/s1. The molecule has 2 aliphatic carbocycles. The molecule has 0 bridgehead atoms. The highest BCUT2D eigenvalue weighted by Gasteiger charge is 2.55. The number of hydrogen-bond donors (Lipinski definition) is 1. The SMILES string of the molecule is C=C1[C@H](O)C=C[C@]2(C)CC[C@H]3C(=C)C(=O)O[C@@H]3[C@@H]12. The monoisotopic (exact) mass is 246 g/mol. The lowest BCUT2D eigenvalue weighted by atomic mass is 9.57. The molecule has 0 spiro atoms. The number of ether oxygens (including phenoxy) is 1. The van der Waals surface area contributed by atoms with Crippen molar-refractivity contribution in [3.63, 3.8) is 0 Å². The van der Waals surface area contributed by atoms with Crippen molar-refractivity contribution in [1.82, 2.24) is 0 Å². The molecule has 0 radical (unpaired) electrons. The normalized spacial score (nSPS) is 46.7. The van der Waals surface area contributed by atoms with Crippen LogP contribution in [0.2, 0.25) is 0 Å². The van der Waals surface area contributed by atoms with Gasteiger partial charge in [0.2, 0.25) is 0 Å². The van der Waals surface area contributed by atoms with E-state index in [1.165, 1.54) is 0 Å². The first-order valence-corrected chi connectivity index (χ1v) is 6.40. The van der Waals surface area contributed by atoms with Crippen LogP contribution < -0.4 is 0 Å². The molecule has 1 aliphatic heterocycles. The van der Waals surface area contributed by atoms with E-state index in [9.17, 15) is 9.90 Å². The summed E-state index contributed by atoms with van der Waals surface area (Å²) in [5.74, 6) is -0.198. The molecule has 0 aromatic heterocycles. The summed E-state index contributed by atoms with van der Waals surface area (Å²) < 4.78 is 5.49. The van der Waals surface area contributed by atoms with Gasteiger partial charge in [-0.05, 0) is 23.8 Å². The van der Waals surface area contributed by atoms with E-state index in [0.717, 1.165) is 18.4 Å². The molecule has 3 heteroatoms. The van der Waals surface area contributed by atoms with E-state index < -0.39 is 6.10 Å². The number of aliphatic hydroxyl groups excluding tert-OH is 1. The van der Waals surface area contributed by atoms with Crippen molar-refractivity contribution < 1.29 is 14.6 Å². The number of carbonyl (C=O) groups excluding carboxylic acids is 1. The molecule has 0 aromatic carbocycles. The van der Waals surface area contributed by atoms with E-state index in [1.54, 1.807) is 6.08 Å². The van der Waals surface area contributed by atoms with Crippen molar-refractivity contribution >= 4 is 5.97 Å². The van der Waals surface area contributed by atoms with Gasteiger partial charge in [0.1, 0.15) is 6.10 Å².